The van der Waals surface area contributed by atoms with Gasteiger partial charge in [0.15, 0.2) is 11.6 Å². The summed E-state index contributed by atoms with van der Waals surface area (Å²) in [6.45, 7) is 0.272. The Labute approximate surface area is 170 Å². The van der Waals surface area contributed by atoms with Gasteiger partial charge in [0.25, 0.3) is 5.56 Å². The molecular formula is C23H15F2N3O2. The van der Waals surface area contributed by atoms with Crippen LogP contribution in [0.2, 0.25) is 0 Å². The molecule has 0 saturated carbocycles. The number of hydrogen-bond acceptors (Lipinski definition) is 4. The highest BCUT2D eigenvalue weighted by atomic mass is 19.2. The first-order valence-electron chi connectivity index (χ1n) is 9.15. The number of nitriles is 1. The van der Waals surface area contributed by atoms with Crippen LogP contribution in [0.25, 0.3) is 22.0 Å². The van der Waals surface area contributed by atoms with E-state index in [1.54, 1.807) is 48.5 Å². The Kier molecular flexibility index (Phi) is 5.22. The van der Waals surface area contributed by atoms with Crippen molar-refractivity contribution >= 4 is 10.8 Å². The van der Waals surface area contributed by atoms with Gasteiger partial charge in [-0.25, -0.2) is 13.5 Å². The van der Waals surface area contributed by atoms with E-state index in [1.807, 2.05) is 6.07 Å². The normalized spacial score (nSPS) is 10.7. The summed E-state index contributed by atoms with van der Waals surface area (Å²) >= 11 is 0. The minimum absolute atomic E-state index is 0.136. The Balaban J connectivity index is 1.69. The van der Waals surface area contributed by atoms with Crippen molar-refractivity contribution in [3.8, 4) is 23.1 Å². The molecule has 1 heterocycles. The van der Waals surface area contributed by atoms with Crippen LogP contribution in [0.15, 0.2) is 71.5 Å². The zero-order chi connectivity index (χ0) is 21.1. The van der Waals surface area contributed by atoms with Gasteiger partial charge in [-0.05, 0) is 42.5 Å². The van der Waals surface area contributed by atoms with Crippen molar-refractivity contribution in [1.82, 2.24) is 9.78 Å². The number of aromatic nitrogens is 2. The first-order valence-corrected chi connectivity index (χ1v) is 9.15. The number of ether oxygens (including phenoxy) is 1. The van der Waals surface area contributed by atoms with Gasteiger partial charge in [0.1, 0.15) is 12.4 Å². The fraction of sp³-hybridized carbons (Fsp3) is 0.0870. The van der Waals surface area contributed by atoms with Gasteiger partial charge in [-0.15, -0.1) is 0 Å². The van der Waals surface area contributed by atoms with Crippen LogP contribution in [0.1, 0.15) is 5.56 Å². The zero-order valence-corrected chi connectivity index (χ0v) is 15.7. The Morgan fingerprint density at radius 1 is 0.967 bits per heavy atom. The summed E-state index contributed by atoms with van der Waals surface area (Å²) in [5.41, 5.74) is 0.887. The summed E-state index contributed by atoms with van der Waals surface area (Å²) in [4.78, 5) is 12.8. The van der Waals surface area contributed by atoms with Crippen molar-refractivity contribution in [1.29, 1.82) is 5.26 Å². The Morgan fingerprint density at radius 2 is 1.77 bits per heavy atom. The predicted octanol–water partition coefficient (Wildman–Crippen LogP) is 4.29. The zero-order valence-electron chi connectivity index (χ0n) is 15.7. The predicted molar refractivity (Wildman–Crippen MR) is 108 cm³/mol. The summed E-state index contributed by atoms with van der Waals surface area (Å²) in [5.74, 6) is -1.44. The third-order valence-electron chi connectivity index (χ3n) is 4.60. The number of halogens is 2. The lowest BCUT2D eigenvalue weighted by atomic mass is 10.0. The molecule has 0 atom stereocenters. The van der Waals surface area contributed by atoms with E-state index in [2.05, 4.69) is 5.10 Å². The van der Waals surface area contributed by atoms with Crippen LogP contribution < -0.4 is 10.3 Å². The van der Waals surface area contributed by atoms with Crippen molar-refractivity contribution < 1.29 is 13.5 Å². The molecule has 0 unspecified atom stereocenters. The van der Waals surface area contributed by atoms with Crippen molar-refractivity contribution in [2.45, 2.75) is 6.54 Å². The second-order valence-corrected chi connectivity index (χ2v) is 6.54. The molecule has 4 aromatic rings. The van der Waals surface area contributed by atoms with Gasteiger partial charge < -0.3 is 4.74 Å². The molecule has 4 rings (SSSR count). The summed E-state index contributed by atoms with van der Waals surface area (Å²) in [5, 5.41) is 14.3. The van der Waals surface area contributed by atoms with E-state index in [-0.39, 0.29) is 18.7 Å². The molecule has 0 amide bonds. The quantitative estimate of drug-likeness (QED) is 0.499. The van der Waals surface area contributed by atoms with E-state index in [9.17, 15) is 13.6 Å². The van der Waals surface area contributed by atoms with E-state index in [0.29, 0.717) is 33.3 Å². The average Bonchev–Trinajstić information content (AvgIpc) is 2.77. The third-order valence-corrected chi connectivity index (χ3v) is 4.60. The molecule has 0 radical (unpaired) electrons. The maximum absolute atomic E-state index is 13.8. The Hall–Kier alpha value is -4.05. The van der Waals surface area contributed by atoms with Gasteiger partial charge in [-0.1, -0.05) is 24.3 Å². The molecule has 5 nitrogen and oxygen atoms in total. The standard InChI is InChI=1S/C23H15F2N3O2/c24-20-9-8-16(13-21(20)25)22-18-6-1-2-7-19(18)23(29)28(27-22)10-11-30-17-5-3-4-15(12-17)14-26/h1-9,12-13H,10-11H2. The lowest BCUT2D eigenvalue weighted by Gasteiger charge is -2.12. The smallest absolute Gasteiger partial charge is 0.274 e. The molecule has 148 valence electrons. The molecule has 0 spiro atoms. The summed E-state index contributed by atoms with van der Waals surface area (Å²) in [6.07, 6.45) is 0. The largest absolute Gasteiger partial charge is 0.492 e. The monoisotopic (exact) mass is 403 g/mol. The number of benzene rings is 3. The van der Waals surface area contributed by atoms with Crippen LogP contribution in [0.5, 0.6) is 5.75 Å². The number of nitrogens with zero attached hydrogens (tertiary/aromatic N) is 3. The molecule has 0 N–H and O–H groups in total. The van der Waals surface area contributed by atoms with E-state index in [0.717, 1.165) is 12.1 Å². The number of fused-ring (bicyclic) bond motifs is 1. The molecular weight excluding hydrogens is 388 g/mol. The fourth-order valence-electron chi connectivity index (χ4n) is 3.15. The van der Waals surface area contributed by atoms with Gasteiger partial charge in [-0.2, -0.15) is 10.4 Å². The SMILES string of the molecule is N#Cc1cccc(OCCn2nc(-c3ccc(F)c(F)c3)c3ccccc3c2=O)c1. The summed E-state index contributed by atoms with van der Waals surface area (Å²) in [7, 11) is 0. The molecule has 0 aliphatic heterocycles. The van der Waals surface area contributed by atoms with Gasteiger partial charge in [0.2, 0.25) is 0 Å². The Morgan fingerprint density at radius 3 is 2.53 bits per heavy atom. The molecule has 0 saturated heterocycles. The highest BCUT2D eigenvalue weighted by Crippen LogP contribution is 2.26. The fourth-order valence-corrected chi connectivity index (χ4v) is 3.15. The Bertz CT molecular complexity index is 1340. The molecule has 7 heteroatoms. The van der Waals surface area contributed by atoms with Crippen LogP contribution in [-0.2, 0) is 6.54 Å². The van der Waals surface area contributed by atoms with Crippen LogP contribution in [0.3, 0.4) is 0 Å². The average molecular weight is 403 g/mol. The molecule has 3 aromatic carbocycles. The molecule has 0 fully saturated rings. The van der Waals surface area contributed by atoms with Gasteiger partial charge in [-0.3, -0.25) is 4.79 Å². The van der Waals surface area contributed by atoms with Crippen LogP contribution in [0, 0.1) is 23.0 Å². The minimum atomic E-state index is -0.989. The summed E-state index contributed by atoms with van der Waals surface area (Å²) in [6, 6.07) is 19.1. The number of hydrogen-bond donors (Lipinski definition) is 0. The molecule has 1 aromatic heterocycles. The maximum atomic E-state index is 13.8. The van der Waals surface area contributed by atoms with Crippen LogP contribution >= 0.6 is 0 Å². The van der Waals surface area contributed by atoms with Crippen molar-refractivity contribution in [3.63, 3.8) is 0 Å². The van der Waals surface area contributed by atoms with Crippen molar-refractivity contribution in [2.24, 2.45) is 0 Å². The maximum Gasteiger partial charge on any atom is 0.274 e. The second-order valence-electron chi connectivity index (χ2n) is 6.54. The van der Waals surface area contributed by atoms with Crippen LogP contribution in [0.4, 0.5) is 8.78 Å². The highest BCUT2D eigenvalue weighted by molar-refractivity contribution is 5.93. The topological polar surface area (TPSA) is 67.9 Å². The van der Waals surface area contributed by atoms with Gasteiger partial charge in [0.05, 0.1) is 29.3 Å². The van der Waals surface area contributed by atoms with E-state index >= 15 is 0 Å². The lowest BCUT2D eigenvalue weighted by molar-refractivity contribution is 0.288. The molecule has 0 bridgehead atoms. The van der Waals surface area contributed by atoms with Gasteiger partial charge in [0, 0.05) is 10.9 Å². The van der Waals surface area contributed by atoms with E-state index in [4.69, 9.17) is 10.00 Å². The second kappa shape index (κ2) is 8.13. The van der Waals surface area contributed by atoms with Crippen molar-refractivity contribution in [3.05, 3.63) is 94.3 Å². The first kappa shape index (κ1) is 19.3. The molecule has 30 heavy (non-hydrogen) atoms. The molecule has 0 aliphatic carbocycles. The van der Waals surface area contributed by atoms with E-state index in [1.165, 1.54) is 10.7 Å². The highest BCUT2D eigenvalue weighted by Gasteiger charge is 2.14. The molecule has 0 aliphatic rings. The van der Waals surface area contributed by atoms with Gasteiger partial charge >= 0.3 is 0 Å². The van der Waals surface area contributed by atoms with Crippen molar-refractivity contribution in [2.75, 3.05) is 6.61 Å². The third kappa shape index (κ3) is 3.76. The van der Waals surface area contributed by atoms with E-state index < -0.39 is 11.6 Å². The minimum Gasteiger partial charge on any atom is -0.492 e. The number of rotatable bonds is 5. The summed E-state index contributed by atoms with van der Waals surface area (Å²) < 4.78 is 34.0. The van der Waals surface area contributed by atoms with Crippen LogP contribution in [-0.4, -0.2) is 16.4 Å². The first-order chi connectivity index (χ1) is 14.6. The lowest BCUT2D eigenvalue weighted by Crippen LogP contribution is -2.26.